The summed E-state index contributed by atoms with van der Waals surface area (Å²) in [4.78, 5) is 2.21. The second-order valence-corrected chi connectivity index (χ2v) is 8.51. The van der Waals surface area contributed by atoms with E-state index in [-0.39, 0.29) is 0 Å². The number of rotatable bonds is 4. The number of hydrogen-bond acceptors (Lipinski definition) is 3. The molecule has 1 fully saturated rings. The molecular formula is C25H23BN2O. The van der Waals surface area contributed by atoms with Crippen LogP contribution in [0.2, 0.25) is 0 Å². The first-order chi connectivity index (χ1) is 14.2. The first kappa shape index (κ1) is 18.3. The number of aryl methyl sites for hydroxylation is 1. The zero-order valence-corrected chi connectivity index (χ0v) is 16.7. The molecule has 4 heteroatoms. The number of nitriles is 1. The van der Waals surface area contributed by atoms with Gasteiger partial charge in [0, 0.05) is 0 Å². The van der Waals surface area contributed by atoms with E-state index in [1.54, 1.807) is 0 Å². The Labute approximate surface area is 172 Å². The molecule has 1 heterocycles. The molecule has 1 aliphatic heterocycles. The molecule has 0 spiro atoms. The Bertz CT molecular complexity index is 1160. The molecule has 3 aromatic rings. The molecule has 0 saturated heterocycles. The van der Waals surface area contributed by atoms with Gasteiger partial charge >= 0.3 is 125 Å². The second-order valence-electron chi connectivity index (χ2n) is 8.51. The molecule has 1 saturated carbocycles. The maximum atomic E-state index is 10.8. The van der Waals surface area contributed by atoms with Crippen LogP contribution in [0.25, 0.3) is 10.8 Å². The van der Waals surface area contributed by atoms with E-state index in [2.05, 4.69) is 54.3 Å². The van der Waals surface area contributed by atoms with Crippen LogP contribution in [0.4, 0.5) is 0 Å². The van der Waals surface area contributed by atoms with Crippen molar-refractivity contribution in [2.75, 3.05) is 13.0 Å². The molecule has 3 aromatic carbocycles. The molecule has 0 bridgehead atoms. The molecule has 142 valence electrons. The molecule has 0 radical (unpaired) electrons. The van der Waals surface area contributed by atoms with Crippen molar-refractivity contribution in [1.82, 2.24) is 4.90 Å². The van der Waals surface area contributed by atoms with Crippen LogP contribution in [-0.2, 0) is 17.7 Å². The van der Waals surface area contributed by atoms with Crippen LogP contribution < -0.4 is 0 Å². The Morgan fingerprint density at radius 3 is 2.76 bits per heavy atom. The molecule has 2 aliphatic rings. The summed E-state index contributed by atoms with van der Waals surface area (Å²) in [5, 5.41) is 11.6. The van der Waals surface area contributed by atoms with Crippen LogP contribution in [-0.4, -0.2) is 25.0 Å². The summed E-state index contributed by atoms with van der Waals surface area (Å²) in [6, 6.07) is 19.8. The van der Waals surface area contributed by atoms with Gasteiger partial charge < -0.3 is 0 Å². The van der Waals surface area contributed by atoms with Crippen molar-refractivity contribution in [3.8, 4) is 6.07 Å². The van der Waals surface area contributed by atoms with Gasteiger partial charge in [0.2, 0.25) is 0 Å². The van der Waals surface area contributed by atoms with Crippen molar-refractivity contribution >= 4 is 17.9 Å². The molecule has 0 aromatic heterocycles. The van der Waals surface area contributed by atoms with Crippen LogP contribution in [0.1, 0.15) is 51.6 Å². The molecule has 0 N–H and O–H groups in total. The summed E-state index contributed by atoms with van der Waals surface area (Å²) in [6.45, 7) is 4.00. The quantitative estimate of drug-likeness (QED) is 0.621. The summed E-state index contributed by atoms with van der Waals surface area (Å²) in [5.41, 5.74) is 7.66. The van der Waals surface area contributed by atoms with E-state index in [4.69, 9.17) is 5.26 Å². The fourth-order valence-electron chi connectivity index (χ4n) is 4.91. The van der Waals surface area contributed by atoms with Gasteiger partial charge in [-0.25, -0.2) is 0 Å². The van der Waals surface area contributed by atoms with Gasteiger partial charge in [-0.05, 0) is 24.4 Å². The SMILES string of the molecule is Cc1cc(C2CC2c2ccc3c(c2)CCN(CB=O)C3)cc2ccc(C#N)cc12. The molecular weight excluding hydrogens is 355 g/mol. The van der Waals surface area contributed by atoms with Crippen molar-refractivity contribution in [2.24, 2.45) is 0 Å². The molecule has 3 nitrogen and oxygen atoms in total. The summed E-state index contributed by atoms with van der Waals surface area (Å²) in [6.07, 6.45) is 2.77. The Hall–Kier alpha value is -2.77. The van der Waals surface area contributed by atoms with Crippen LogP contribution >= 0.6 is 0 Å². The van der Waals surface area contributed by atoms with E-state index < -0.39 is 0 Å². The van der Waals surface area contributed by atoms with E-state index in [0.29, 0.717) is 18.3 Å². The van der Waals surface area contributed by atoms with Gasteiger partial charge in [0.15, 0.2) is 0 Å². The number of hydrogen-bond donors (Lipinski definition) is 0. The molecule has 2 unspecified atom stereocenters. The van der Waals surface area contributed by atoms with E-state index in [9.17, 15) is 4.70 Å². The van der Waals surface area contributed by atoms with E-state index >= 15 is 0 Å². The normalized spacial score (nSPS) is 20.7. The Morgan fingerprint density at radius 1 is 1.07 bits per heavy atom. The summed E-state index contributed by atoms with van der Waals surface area (Å²) < 4.78 is 10.8. The van der Waals surface area contributed by atoms with Crippen molar-refractivity contribution in [1.29, 1.82) is 5.26 Å². The smallest absolute Gasteiger partial charge is 0.192 e. The maximum absolute atomic E-state index is 10.8. The van der Waals surface area contributed by atoms with Gasteiger partial charge in [0.1, 0.15) is 0 Å². The second kappa shape index (κ2) is 7.24. The number of benzene rings is 3. The Morgan fingerprint density at radius 2 is 1.93 bits per heavy atom. The van der Waals surface area contributed by atoms with Gasteiger partial charge in [0.25, 0.3) is 0 Å². The van der Waals surface area contributed by atoms with Gasteiger partial charge in [0.05, 0.1) is 11.6 Å². The average molecular weight is 378 g/mol. The van der Waals surface area contributed by atoms with Gasteiger partial charge in [-0.1, -0.05) is 6.07 Å². The topological polar surface area (TPSA) is 44.1 Å². The molecule has 1 aliphatic carbocycles. The van der Waals surface area contributed by atoms with Crippen molar-refractivity contribution in [2.45, 2.75) is 38.1 Å². The van der Waals surface area contributed by atoms with Crippen molar-refractivity contribution in [3.05, 3.63) is 81.9 Å². The first-order valence-corrected chi connectivity index (χ1v) is 10.4. The van der Waals surface area contributed by atoms with Gasteiger partial charge in [-0.2, -0.15) is 5.26 Å². The van der Waals surface area contributed by atoms with Crippen LogP contribution in [0.15, 0.2) is 48.5 Å². The third-order valence-electron chi connectivity index (χ3n) is 6.61. The third-order valence-corrected chi connectivity index (χ3v) is 6.61. The Balaban J connectivity index is 1.38. The minimum atomic E-state index is 0.531. The molecule has 29 heavy (non-hydrogen) atoms. The minimum Gasteiger partial charge on any atom is -0.192 e. The van der Waals surface area contributed by atoms with Crippen molar-refractivity contribution in [3.63, 3.8) is 0 Å². The fourth-order valence-corrected chi connectivity index (χ4v) is 4.91. The van der Waals surface area contributed by atoms with Crippen LogP contribution in [0, 0.1) is 18.3 Å². The number of fused-ring (bicyclic) bond motifs is 2. The van der Waals surface area contributed by atoms with E-state index in [1.165, 1.54) is 45.0 Å². The molecule has 2 atom stereocenters. The monoisotopic (exact) mass is 378 g/mol. The third kappa shape index (κ3) is 3.41. The zero-order chi connectivity index (χ0) is 20.0. The predicted molar refractivity (Wildman–Crippen MR) is 115 cm³/mol. The predicted octanol–water partition coefficient (Wildman–Crippen LogP) is 4.66. The zero-order valence-electron chi connectivity index (χ0n) is 16.7. The minimum absolute atomic E-state index is 0.531. The molecule has 5 rings (SSSR count). The number of nitrogens with zero attached hydrogens (tertiary/aromatic N) is 2. The average Bonchev–Trinajstić information content (AvgIpc) is 3.54. The summed E-state index contributed by atoms with van der Waals surface area (Å²) in [5.74, 6) is 1.19. The van der Waals surface area contributed by atoms with Gasteiger partial charge in [-0.15, -0.1) is 0 Å². The Kier molecular flexibility index (Phi) is 4.56. The van der Waals surface area contributed by atoms with Crippen LogP contribution in [0.5, 0.6) is 0 Å². The van der Waals surface area contributed by atoms with E-state index in [1.807, 2.05) is 12.1 Å². The summed E-state index contributed by atoms with van der Waals surface area (Å²) in [7, 11) is 1.00. The first-order valence-electron chi connectivity index (χ1n) is 10.4. The van der Waals surface area contributed by atoms with Gasteiger partial charge in [-0.3, -0.25) is 0 Å². The fraction of sp³-hybridized carbons (Fsp3) is 0.320. The van der Waals surface area contributed by atoms with E-state index in [0.717, 1.165) is 32.2 Å². The van der Waals surface area contributed by atoms with Crippen molar-refractivity contribution < 1.29 is 4.70 Å². The standard InChI is InChI=1S/C25H23BN2O/c1-16-8-22(11-19-3-2-17(13-27)9-23(16)19)25-12-24(25)20-4-5-21-14-28(15-26-29)7-6-18(21)10-20/h2-5,8-11,24-25H,6-7,12,14-15H2,1H3. The summed E-state index contributed by atoms with van der Waals surface area (Å²) >= 11 is 0. The van der Waals surface area contributed by atoms with Crippen LogP contribution in [0.3, 0.4) is 0 Å². The molecule has 0 amide bonds.